The van der Waals surface area contributed by atoms with E-state index in [0.717, 1.165) is 81.1 Å². The fourth-order valence-electron chi connectivity index (χ4n) is 9.75. The van der Waals surface area contributed by atoms with Crippen molar-refractivity contribution in [1.82, 2.24) is 37.9 Å². The molecule has 5 heterocycles. The van der Waals surface area contributed by atoms with Crippen LogP contribution in [-0.2, 0) is 37.1 Å². The number of likely N-dealkylation sites (tertiary alicyclic amines) is 1. The average Bonchev–Trinajstić information content (AvgIpc) is 4.01. The zero-order valence-electron chi connectivity index (χ0n) is 36.2. The second kappa shape index (κ2) is 19.0. The monoisotopic (exact) mass is 864 g/mol. The number of para-hydroxylation sites is 1. The summed E-state index contributed by atoms with van der Waals surface area (Å²) in [6, 6.07) is 5.17. The summed E-state index contributed by atoms with van der Waals surface area (Å²) >= 11 is 0. The first-order chi connectivity index (χ1) is 29.3. The number of aliphatic hydroxyl groups is 1. The van der Waals surface area contributed by atoms with Crippen molar-refractivity contribution in [3.8, 4) is 0 Å². The molecule has 1 unspecified atom stereocenters. The normalized spacial score (nSPS) is 20.8. The van der Waals surface area contributed by atoms with E-state index in [1.807, 2.05) is 12.1 Å². The number of carbonyl (C=O) groups excluding carboxylic acids is 3. The van der Waals surface area contributed by atoms with Crippen molar-refractivity contribution < 1.29 is 27.9 Å². The Morgan fingerprint density at radius 2 is 1.74 bits per heavy atom. The van der Waals surface area contributed by atoms with Crippen LogP contribution in [0, 0.1) is 0 Å². The van der Waals surface area contributed by atoms with Crippen molar-refractivity contribution in [3.63, 3.8) is 0 Å². The molecule has 17 nitrogen and oxygen atoms in total. The Labute approximate surface area is 359 Å². The van der Waals surface area contributed by atoms with E-state index in [9.17, 15) is 27.6 Å². The van der Waals surface area contributed by atoms with E-state index in [-0.39, 0.29) is 48.4 Å². The molecule has 18 heteroatoms. The molecule has 0 radical (unpaired) electrons. The van der Waals surface area contributed by atoms with Crippen LogP contribution in [0.25, 0.3) is 11.0 Å². The van der Waals surface area contributed by atoms with Crippen molar-refractivity contribution in [2.75, 3.05) is 70.6 Å². The maximum atomic E-state index is 13.5. The van der Waals surface area contributed by atoms with Crippen LogP contribution in [0.1, 0.15) is 113 Å². The number of piperidine rings is 2. The smallest absolute Gasteiger partial charge is 0.329 e. The van der Waals surface area contributed by atoms with E-state index in [0.29, 0.717) is 56.2 Å². The molecule has 2 amide bonds. The number of aldehydes is 1. The Morgan fingerprint density at radius 3 is 2.36 bits per heavy atom. The minimum absolute atomic E-state index is 0.0327. The van der Waals surface area contributed by atoms with Crippen LogP contribution < -0.4 is 21.2 Å². The molecule has 1 aromatic carbocycles. The van der Waals surface area contributed by atoms with Gasteiger partial charge in [-0.15, -0.1) is 0 Å². The number of amides is 2. The fraction of sp³-hybridized carbons (Fsp3) is 0.674. The topological polar surface area (TPSA) is 195 Å². The van der Waals surface area contributed by atoms with Gasteiger partial charge in [-0.3, -0.25) is 23.6 Å². The predicted octanol–water partition coefficient (Wildman–Crippen LogP) is 3.04. The molecule has 1 spiro atoms. The molecule has 2 aromatic heterocycles. The number of imidazole rings is 1. The molecule has 3 aliphatic heterocycles. The van der Waals surface area contributed by atoms with Crippen LogP contribution in [0.3, 0.4) is 0 Å². The number of aliphatic hydroxyl groups excluding tert-OH is 1. The number of carbonyl (C=O) groups is 3. The highest BCUT2D eigenvalue weighted by molar-refractivity contribution is 7.86. The molecule has 4 fully saturated rings. The van der Waals surface area contributed by atoms with E-state index < -0.39 is 21.7 Å². The Balaban J connectivity index is 0.000000729. The highest BCUT2D eigenvalue weighted by atomic mass is 32.2. The third kappa shape index (κ3) is 9.43. The molecule has 8 rings (SSSR count). The van der Waals surface area contributed by atoms with E-state index >= 15 is 0 Å². The SMILES string of the molecule is CNC(=O)CCC(C=O)n1c(=O)n(C)c2c(C3CCN(CCCN(C)S(=O)(=O)N4CCC(Nc5ncc6c(n5)N(C)C(=O)C65CC5)CC4)CC3)cccc21.OC1CCCCC1. The second-order valence-corrected chi connectivity index (χ2v) is 19.7. The number of nitrogens with one attached hydrogen (secondary N) is 2. The highest BCUT2D eigenvalue weighted by Crippen LogP contribution is 2.56. The summed E-state index contributed by atoms with van der Waals surface area (Å²) in [5.41, 5.74) is 2.83. The van der Waals surface area contributed by atoms with Gasteiger partial charge in [0.1, 0.15) is 12.1 Å². The molecule has 2 saturated heterocycles. The number of benzene rings is 1. The van der Waals surface area contributed by atoms with Gasteiger partial charge in [-0.25, -0.2) is 9.78 Å². The molecule has 0 bridgehead atoms. The lowest BCUT2D eigenvalue weighted by Crippen LogP contribution is -2.48. The lowest BCUT2D eigenvalue weighted by Gasteiger charge is -2.35. The van der Waals surface area contributed by atoms with Crippen LogP contribution in [0.4, 0.5) is 11.8 Å². The maximum Gasteiger partial charge on any atom is 0.329 e. The summed E-state index contributed by atoms with van der Waals surface area (Å²) < 4.78 is 33.1. The number of fused-ring (bicyclic) bond motifs is 3. The summed E-state index contributed by atoms with van der Waals surface area (Å²) in [5, 5.41) is 14.8. The zero-order chi connectivity index (χ0) is 43.5. The van der Waals surface area contributed by atoms with Gasteiger partial charge in [0, 0.05) is 72.0 Å². The first-order valence-corrected chi connectivity index (χ1v) is 23.6. The minimum atomic E-state index is -3.60. The third-order valence-corrected chi connectivity index (χ3v) is 15.7. The Hall–Kier alpha value is -4.23. The van der Waals surface area contributed by atoms with Crippen LogP contribution in [0.5, 0.6) is 0 Å². The van der Waals surface area contributed by atoms with Gasteiger partial charge in [0.25, 0.3) is 10.2 Å². The number of hydrogen-bond donors (Lipinski definition) is 3. The lowest BCUT2D eigenvalue weighted by molar-refractivity contribution is -0.121. The number of aromatic nitrogens is 4. The van der Waals surface area contributed by atoms with Gasteiger partial charge in [-0.1, -0.05) is 31.4 Å². The van der Waals surface area contributed by atoms with Gasteiger partial charge in [-0.2, -0.15) is 22.0 Å². The van der Waals surface area contributed by atoms with Crippen LogP contribution in [-0.4, -0.2) is 137 Å². The first-order valence-electron chi connectivity index (χ1n) is 22.2. The second-order valence-electron chi connectivity index (χ2n) is 17.6. The molecule has 2 aliphatic carbocycles. The minimum Gasteiger partial charge on any atom is -0.393 e. The molecule has 3 N–H and O–H groups in total. The van der Waals surface area contributed by atoms with Crippen molar-refractivity contribution in [1.29, 1.82) is 0 Å². The van der Waals surface area contributed by atoms with Crippen molar-refractivity contribution in [2.24, 2.45) is 7.05 Å². The van der Waals surface area contributed by atoms with Gasteiger partial charge in [0.15, 0.2) is 0 Å². The van der Waals surface area contributed by atoms with E-state index in [2.05, 4.69) is 31.6 Å². The Morgan fingerprint density at radius 1 is 1.03 bits per heavy atom. The number of rotatable bonds is 14. The van der Waals surface area contributed by atoms with Gasteiger partial charge in [0.2, 0.25) is 17.8 Å². The number of hydrogen-bond acceptors (Lipinski definition) is 11. The molecule has 334 valence electrons. The van der Waals surface area contributed by atoms with Crippen LogP contribution >= 0.6 is 0 Å². The van der Waals surface area contributed by atoms with Crippen LogP contribution in [0.2, 0.25) is 0 Å². The highest BCUT2D eigenvalue weighted by Gasteiger charge is 2.59. The summed E-state index contributed by atoms with van der Waals surface area (Å²) in [5.74, 6) is 1.28. The molecule has 61 heavy (non-hydrogen) atoms. The predicted molar refractivity (Wildman–Crippen MR) is 234 cm³/mol. The summed E-state index contributed by atoms with van der Waals surface area (Å²) in [7, 11) is 3.09. The van der Waals surface area contributed by atoms with E-state index in [4.69, 9.17) is 5.11 Å². The number of aryl methyl sites for hydroxylation is 1. The largest absolute Gasteiger partial charge is 0.393 e. The van der Waals surface area contributed by atoms with Crippen LogP contribution in [0.15, 0.2) is 29.2 Å². The van der Waals surface area contributed by atoms with Crippen molar-refractivity contribution >= 4 is 51.1 Å². The Bertz CT molecular complexity index is 2220. The quantitative estimate of drug-likeness (QED) is 0.202. The molecule has 1 atom stereocenters. The summed E-state index contributed by atoms with van der Waals surface area (Å²) in [4.78, 5) is 63.1. The van der Waals surface area contributed by atoms with Gasteiger partial charge >= 0.3 is 5.69 Å². The Kier molecular flexibility index (Phi) is 14.0. The first kappa shape index (κ1) is 44.8. The number of anilines is 2. The van der Waals surface area contributed by atoms with Gasteiger partial charge < -0.3 is 25.4 Å². The third-order valence-electron chi connectivity index (χ3n) is 13.7. The van der Waals surface area contributed by atoms with E-state index in [1.54, 1.807) is 48.2 Å². The molecular formula is C43H64N10O7S. The van der Waals surface area contributed by atoms with Crippen molar-refractivity contribution in [3.05, 3.63) is 46.0 Å². The lowest BCUT2D eigenvalue weighted by atomic mass is 9.88. The summed E-state index contributed by atoms with van der Waals surface area (Å²) in [6.07, 6.45) is 14.3. The van der Waals surface area contributed by atoms with E-state index in [1.165, 1.54) is 28.1 Å². The number of likely N-dealkylation sites (N-methyl/N-ethyl adjacent to an activating group) is 1. The summed E-state index contributed by atoms with van der Waals surface area (Å²) in [6.45, 7) is 3.72. The van der Waals surface area contributed by atoms with Gasteiger partial charge in [0.05, 0.1) is 28.6 Å². The average molecular weight is 865 g/mol. The molecule has 3 aromatic rings. The zero-order valence-corrected chi connectivity index (χ0v) is 37.0. The molecular weight excluding hydrogens is 801 g/mol. The maximum absolute atomic E-state index is 13.5. The standard InChI is InChI=1S/C37H52N10O6S.C6H12O/c1-38-31(49)10-9-27(24-48)47-30-8-5-7-28(32(30)43(3)36(47)51)25-11-19-45(20-12-25)18-6-17-42(2)54(52,53)46-21-13-26(14-22-46)40-35-39-23-29-33(41-35)44(4)34(50)37(29)15-16-37;7-6-4-2-1-3-5-6/h5,7-8,23-27H,6,9-22H2,1-4H3,(H,38,49)(H,39,40,41);6-7H,1-5H2. The van der Waals surface area contributed by atoms with Gasteiger partial charge in [-0.05, 0) is 101 Å². The fourth-order valence-corrected chi connectivity index (χ4v) is 11.2. The van der Waals surface area contributed by atoms with Crippen molar-refractivity contribution in [2.45, 2.75) is 119 Å². The molecule has 2 saturated carbocycles. The molecule has 5 aliphatic rings. The number of nitrogens with zero attached hydrogens (tertiary/aromatic N) is 8.